The molecule has 0 saturated carbocycles. The summed E-state index contributed by atoms with van der Waals surface area (Å²) in [6.07, 6.45) is 8.31. The summed E-state index contributed by atoms with van der Waals surface area (Å²) in [4.78, 5) is 23.5. The van der Waals surface area contributed by atoms with Gasteiger partial charge in [0, 0.05) is 24.3 Å². The van der Waals surface area contributed by atoms with Crippen LogP contribution in [0.25, 0.3) is 0 Å². The van der Waals surface area contributed by atoms with Crippen LogP contribution in [0.4, 0.5) is 0 Å². The molecule has 1 atom stereocenters. The van der Waals surface area contributed by atoms with Crippen molar-refractivity contribution in [1.29, 1.82) is 0 Å². The molecule has 2 aliphatic rings. The van der Waals surface area contributed by atoms with Gasteiger partial charge >= 0.3 is 5.97 Å². The van der Waals surface area contributed by atoms with Gasteiger partial charge in [0.2, 0.25) is 0 Å². The number of carbonyl (C=O) groups excluding carboxylic acids is 2. The standard InChI is InChI=1S/C15H22O3/c1-2-3-4-5-7-11-10-14(17)18-13-9-6-8-12(16)15(11)13/h11H,2-10H2,1H3. The van der Waals surface area contributed by atoms with Crippen LogP contribution in [-0.2, 0) is 14.3 Å². The Bertz CT molecular complexity index is 368. The maximum atomic E-state index is 12.0. The smallest absolute Gasteiger partial charge is 0.311 e. The Balaban J connectivity index is 2.02. The van der Waals surface area contributed by atoms with Gasteiger partial charge in [-0.25, -0.2) is 0 Å². The Morgan fingerprint density at radius 3 is 2.78 bits per heavy atom. The highest BCUT2D eigenvalue weighted by Gasteiger charge is 2.34. The fourth-order valence-corrected chi connectivity index (χ4v) is 2.94. The van der Waals surface area contributed by atoms with E-state index in [9.17, 15) is 9.59 Å². The van der Waals surface area contributed by atoms with Gasteiger partial charge in [0.25, 0.3) is 0 Å². The molecule has 0 aromatic carbocycles. The minimum atomic E-state index is -0.149. The molecule has 1 aliphatic heterocycles. The summed E-state index contributed by atoms with van der Waals surface area (Å²) in [5.74, 6) is 0.877. The Labute approximate surface area is 109 Å². The molecule has 0 spiro atoms. The lowest BCUT2D eigenvalue weighted by atomic mass is 9.81. The van der Waals surface area contributed by atoms with E-state index in [4.69, 9.17) is 4.74 Å². The first-order valence-electron chi connectivity index (χ1n) is 7.19. The Hall–Kier alpha value is -1.12. The number of allylic oxidation sites excluding steroid dienone is 2. The number of Topliss-reactive ketones (excluding diaryl/α,β-unsaturated/α-hetero) is 1. The number of hydrogen-bond donors (Lipinski definition) is 0. The lowest BCUT2D eigenvalue weighted by Crippen LogP contribution is -2.28. The summed E-state index contributed by atoms with van der Waals surface area (Å²) in [7, 11) is 0. The van der Waals surface area contributed by atoms with Gasteiger partial charge in [-0.2, -0.15) is 0 Å². The number of unbranched alkanes of at least 4 members (excludes halogenated alkanes) is 3. The van der Waals surface area contributed by atoms with Crippen molar-refractivity contribution in [2.45, 2.75) is 64.7 Å². The topological polar surface area (TPSA) is 43.4 Å². The van der Waals surface area contributed by atoms with Crippen LogP contribution in [-0.4, -0.2) is 11.8 Å². The van der Waals surface area contributed by atoms with Crippen molar-refractivity contribution in [2.75, 3.05) is 0 Å². The van der Waals surface area contributed by atoms with E-state index in [0.29, 0.717) is 18.6 Å². The second kappa shape index (κ2) is 6.17. The molecule has 18 heavy (non-hydrogen) atoms. The molecule has 1 unspecified atom stereocenters. The summed E-state index contributed by atoms with van der Waals surface area (Å²) in [5, 5.41) is 0. The molecule has 0 saturated heterocycles. The number of ketones is 1. The Morgan fingerprint density at radius 1 is 1.17 bits per heavy atom. The van der Waals surface area contributed by atoms with E-state index in [0.717, 1.165) is 31.3 Å². The third-order valence-electron chi connectivity index (χ3n) is 3.87. The fraction of sp³-hybridized carbons (Fsp3) is 0.733. The van der Waals surface area contributed by atoms with Gasteiger partial charge in [0.15, 0.2) is 5.78 Å². The van der Waals surface area contributed by atoms with Gasteiger partial charge in [-0.1, -0.05) is 32.6 Å². The zero-order valence-electron chi connectivity index (χ0n) is 11.2. The van der Waals surface area contributed by atoms with Gasteiger partial charge in [-0.3, -0.25) is 9.59 Å². The van der Waals surface area contributed by atoms with Crippen LogP contribution >= 0.6 is 0 Å². The van der Waals surface area contributed by atoms with Crippen molar-refractivity contribution < 1.29 is 14.3 Å². The van der Waals surface area contributed by atoms with Crippen molar-refractivity contribution >= 4 is 11.8 Å². The summed E-state index contributed by atoms with van der Waals surface area (Å²) in [5.41, 5.74) is 0.845. The number of ether oxygens (including phenoxy) is 1. The van der Waals surface area contributed by atoms with E-state index < -0.39 is 0 Å². The van der Waals surface area contributed by atoms with Crippen molar-refractivity contribution in [3.8, 4) is 0 Å². The van der Waals surface area contributed by atoms with Crippen LogP contribution in [0, 0.1) is 5.92 Å². The third kappa shape index (κ3) is 3.01. The molecule has 0 radical (unpaired) electrons. The molecule has 0 fully saturated rings. The molecule has 0 bridgehead atoms. The van der Waals surface area contributed by atoms with Crippen molar-refractivity contribution in [2.24, 2.45) is 5.92 Å². The van der Waals surface area contributed by atoms with Gasteiger partial charge in [0.1, 0.15) is 5.76 Å². The molecule has 2 rings (SSSR count). The summed E-state index contributed by atoms with van der Waals surface area (Å²) >= 11 is 0. The van der Waals surface area contributed by atoms with E-state index in [1.807, 2.05) is 0 Å². The predicted molar refractivity (Wildman–Crippen MR) is 68.8 cm³/mol. The van der Waals surface area contributed by atoms with Crippen LogP contribution in [0.15, 0.2) is 11.3 Å². The molecule has 3 nitrogen and oxygen atoms in total. The molecule has 100 valence electrons. The largest absolute Gasteiger partial charge is 0.431 e. The maximum Gasteiger partial charge on any atom is 0.311 e. The zero-order valence-corrected chi connectivity index (χ0v) is 11.2. The molecule has 0 amide bonds. The van der Waals surface area contributed by atoms with Crippen LogP contribution in [0.1, 0.15) is 64.7 Å². The minimum Gasteiger partial charge on any atom is -0.431 e. The Kier molecular flexibility index (Phi) is 4.56. The monoisotopic (exact) mass is 250 g/mol. The van der Waals surface area contributed by atoms with Crippen LogP contribution in [0.5, 0.6) is 0 Å². The molecule has 0 aromatic heterocycles. The molecule has 0 N–H and O–H groups in total. The van der Waals surface area contributed by atoms with Crippen molar-refractivity contribution in [1.82, 2.24) is 0 Å². The molecule has 1 aliphatic carbocycles. The molecular formula is C15H22O3. The first-order valence-corrected chi connectivity index (χ1v) is 7.19. The minimum absolute atomic E-state index is 0.130. The van der Waals surface area contributed by atoms with Gasteiger partial charge < -0.3 is 4.74 Å². The first-order chi connectivity index (χ1) is 8.72. The van der Waals surface area contributed by atoms with E-state index in [1.54, 1.807) is 0 Å². The van der Waals surface area contributed by atoms with Gasteiger partial charge in [-0.05, 0) is 12.8 Å². The second-order valence-electron chi connectivity index (χ2n) is 5.34. The van der Waals surface area contributed by atoms with E-state index in [2.05, 4.69) is 6.92 Å². The maximum absolute atomic E-state index is 12.0. The number of hydrogen-bond acceptors (Lipinski definition) is 3. The lowest BCUT2D eigenvalue weighted by Gasteiger charge is -2.29. The number of esters is 1. The van der Waals surface area contributed by atoms with Crippen molar-refractivity contribution in [3.05, 3.63) is 11.3 Å². The van der Waals surface area contributed by atoms with Crippen LogP contribution in [0.3, 0.4) is 0 Å². The molecule has 1 heterocycles. The van der Waals surface area contributed by atoms with Crippen LogP contribution < -0.4 is 0 Å². The van der Waals surface area contributed by atoms with Gasteiger partial charge in [-0.15, -0.1) is 0 Å². The normalized spacial score (nSPS) is 23.9. The zero-order chi connectivity index (χ0) is 13.0. The SMILES string of the molecule is CCCCCCC1CC(=O)OC2=C1C(=O)CCC2. The fourth-order valence-electron chi connectivity index (χ4n) is 2.94. The average molecular weight is 250 g/mol. The summed E-state index contributed by atoms with van der Waals surface area (Å²) in [6, 6.07) is 0. The molecule has 3 heteroatoms. The first kappa shape index (κ1) is 13.3. The molecular weight excluding hydrogens is 228 g/mol. The number of carbonyl (C=O) groups is 2. The summed E-state index contributed by atoms with van der Waals surface area (Å²) < 4.78 is 5.24. The predicted octanol–water partition coefficient (Wildman–Crippen LogP) is 3.53. The third-order valence-corrected chi connectivity index (χ3v) is 3.87. The highest BCUT2D eigenvalue weighted by molar-refractivity contribution is 5.98. The van der Waals surface area contributed by atoms with Crippen LogP contribution in [0.2, 0.25) is 0 Å². The number of rotatable bonds is 5. The van der Waals surface area contributed by atoms with E-state index in [1.165, 1.54) is 19.3 Å². The van der Waals surface area contributed by atoms with Crippen molar-refractivity contribution in [3.63, 3.8) is 0 Å². The lowest BCUT2D eigenvalue weighted by molar-refractivity contribution is -0.143. The summed E-state index contributed by atoms with van der Waals surface area (Å²) in [6.45, 7) is 2.18. The average Bonchev–Trinajstić information content (AvgIpc) is 2.34. The van der Waals surface area contributed by atoms with Gasteiger partial charge in [0.05, 0.1) is 6.42 Å². The van der Waals surface area contributed by atoms with E-state index in [-0.39, 0.29) is 17.7 Å². The Morgan fingerprint density at radius 2 is 2.00 bits per heavy atom. The van der Waals surface area contributed by atoms with E-state index >= 15 is 0 Å². The second-order valence-corrected chi connectivity index (χ2v) is 5.34. The quantitative estimate of drug-likeness (QED) is 0.554. The highest BCUT2D eigenvalue weighted by Crippen LogP contribution is 2.36. The molecule has 0 aromatic rings. The highest BCUT2D eigenvalue weighted by atomic mass is 16.5.